The highest BCUT2D eigenvalue weighted by molar-refractivity contribution is 7.94. The molecule has 28 heavy (non-hydrogen) atoms. The van der Waals surface area contributed by atoms with E-state index in [1.165, 1.54) is 36.7 Å². The van der Waals surface area contributed by atoms with E-state index in [4.69, 9.17) is 11.6 Å². The largest absolute Gasteiger partial charge is 0.322 e. The van der Waals surface area contributed by atoms with E-state index in [-0.39, 0.29) is 17.7 Å². The molecule has 0 radical (unpaired) electrons. The number of hydrogen-bond acceptors (Lipinski definition) is 5. The van der Waals surface area contributed by atoms with Crippen molar-refractivity contribution in [3.8, 4) is 11.4 Å². The van der Waals surface area contributed by atoms with Crippen LogP contribution in [0.2, 0.25) is 5.02 Å². The number of halogens is 1. The molecule has 0 unspecified atom stereocenters. The van der Waals surface area contributed by atoms with E-state index in [2.05, 4.69) is 15.3 Å². The van der Waals surface area contributed by atoms with E-state index in [0.717, 1.165) is 5.56 Å². The van der Waals surface area contributed by atoms with Gasteiger partial charge >= 0.3 is 0 Å². The number of carbonyl (C=O) groups is 1. The highest BCUT2D eigenvalue weighted by Crippen LogP contribution is 2.47. The average Bonchev–Trinajstić information content (AvgIpc) is 3.52. The molecular weight excluding hydrogens is 398 g/mol. The smallest absolute Gasteiger partial charge is 0.246 e. The topological polar surface area (TPSA) is 89.0 Å². The molecule has 0 saturated heterocycles. The summed E-state index contributed by atoms with van der Waals surface area (Å²) in [6.45, 7) is 0. The average molecular weight is 414 g/mol. The van der Waals surface area contributed by atoms with Crippen LogP contribution in [0.3, 0.4) is 0 Å². The van der Waals surface area contributed by atoms with Crippen LogP contribution < -0.4 is 5.32 Å². The molecule has 0 aliphatic heterocycles. The van der Waals surface area contributed by atoms with Gasteiger partial charge < -0.3 is 5.32 Å². The van der Waals surface area contributed by atoms with Gasteiger partial charge in [-0.1, -0.05) is 41.9 Å². The van der Waals surface area contributed by atoms with Crippen LogP contribution in [-0.2, 0) is 14.6 Å². The molecule has 1 aliphatic rings. The van der Waals surface area contributed by atoms with Gasteiger partial charge in [0, 0.05) is 10.6 Å². The molecule has 3 aromatic rings. The Morgan fingerprint density at radius 3 is 2.14 bits per heavy atom. The van der Waals surface area contributed by atoms with E-state index < -0.39 is 20.5 Å². The van der Waals surface area contributed by atoms with Crippen molar-refractivity contribution < 1.29 is 13.2 Å². The van der Waals surface area contributed by atoms with Crippen LogP contribution in [0.5, 0.6) is 0 Å². The molecule has 1 amide bonds. The normalized spacial score (nSPS) is 15.0. The quantitative estimate of drug-likeness (QED) is 0.688. The van der Waals surface area contributed by atoms with Gasteiger partial charge in [-0.3, -0.25) is 4.79 Å². The number of hydrogen-bond donors (Lipinski definition) is 1. The van der Waals surface area contributed by atoms with Crippen molar-refractivity contribution in [3.05, 3.63) is 72.0 Å². The zero-order valence-electron chi connectivity index (χ0n) is 14.7. The molecule has 1 heterocycles. The minimum absolute atomic E-state index is 0.0835. The number of sulfone groups is 1. The summed E-state index contributed by atoms with van der Waals surface area (Å²) < 4.78 is 24.5. The maximum Gasteiger partial charge on any atom is 0.246 e. The Balaban J connectivity index is 1.54. The van der Waals surface area contributed by atoms with Crippen molar-refractivity contribution >= 4 is 33.0 Å². The van der Waals surface area contributed by atoms with Crippen LogP contribution in [0, 0.1) is 0 Å². The third-order valence-electron chi connectivity index (χ3n) is 4.70. The van der Waals surface area contributed by atoms with Gasteiger partial charge in [0.2, 0.25) is 5.91 Å². The summed E-state index contributed by atoms with van der Waals surface area (Å²) in [6.07, 6.45) is 3.48. The fourth-order valence-corrected chi connectivity index (χ4v) is 4.95. The van der Waals surface area contributed by atoms with Crippen molar-refractivity contribution in [2.75, 3.05) is 5.32 Å². The first-order chi connectivity index (χ1) is 13.4. The number of rotatable bonds is 5. The van der Waals surface area contributed by atoms with Crippen molar-refractivity contribution in [3.63, 3.8) is 0 Å². The van der Waals surface area contributed by atoms with Gasteiger partial charge in [-0.25, -0.2) is 18.4 Å². The molecule has 0 atom stereocenters. The second-order valence-corrected chi connectivity index (χ2v) is 9.26. The standard InChI is InChI=1S/C20H16ClN3O3S/c21-15-6-8-17(9-7-15)28(26,27)20(10-11-20)19(25)24-16-12-22-18(23-13-16)14-4-2-1-3-5-14/h1-9,12-13H,10-11H2,(H,24,25). The van der Waals surface area contributed by atoms with Crippen molar-refractivity contribution in [2.24, 2.45) is 0 Å². The molecule has 1 N–H and O–H groups in total. The number of nitrogens with one attached hydrogen (secondary N) is 1. The summed E-state index contributed by atoms with van der Waals surface area (Å²) in [5, 5.41) is 3.08. The molecule has 1 aliphatic carbocycles. The maximum absolute atomic E-state index is 13.0. The van der Waals surface area contributed by atoms with Crippen LogP contribution in [-0.4, -0.2) is 29.0 Å². The van der Waals surface area contributed by atoms with Gasteiger partial charge in [-0.2, -0.15) is 0 Å². The van der Waals surface area contributed by atoms with E-state index in [0.29, 0.717) is 16.5 Å². The Morgan fingerprint density at radius 1 is 0.964 bits per heavy atom. The van der Waals surface area contributed by atoms with E-state index in [9.17, 15) is 13.2 Å². The van der Waals surface area contributed by atoms with Gasteiger partial charge in [0.05, 0.1) is 23.0 Å². The molecule has 0 spiro atoms. The van der Waals surface area contributed by atoms with Crippen LogP contribution in [0.25, 0.3) is 11.4 Å². The Bertz CT molecular complexity index is 1110. The number of nitrogens with zero attached hydrogens (tertiary/aromatic N) is 2. The molecule has 2 aromatic carbocycles. The number of aromatic nitrogens is 2. The lowest BCUT2D eigenvalue weighted by molar-refractivity contribution is -0.116. The van der Waals surface area contributed by atoms with Crippen LogP contribution >= 0.6 is 11.6 Å². The first-order valence-corrected chi connectivity index (χ1v) is 10.5. The zero-order valence-corrected chi connectivity index (χ0v) is 16.2. The molecule has 1 fully saturated rings. The summed E-state index contributed by atoms with van der Waals surface area (Å²) >= 11 is 5.83. The fraction of sp³-hybridized carbons (Fsp3) is 0.150. The molecular formula is C20H16ClN3O3S. The molecule has 142 valence electrons. The molecule has 1 saturated carbocycles. The Kier molecular flexibility index (Phi) is 4.64. The first kappa shape index (κ1) is 18.6. The predicted octanol–water partition coefficient (Wildman–Crippen LogP) is 3.74. The van der Waals surface area contributed by atoms with Gasteiger partial charge in [0.15, 0.2) is 20.4 Å². The van der Waals surface area contributed by atoms with Crippen molar-refractivity contribution in [2.45, 2.75) is 22.5 Å². The lowest BCUT2D eigenvalue weighted by Gasteiger charge is -2.16. The lowest BCUT2D eigenvalue weighted by atomic mass is 10.2. The SMILES string of the molecule is O=C(Nc1cnc(-c2ccccc2)nc1)C1(S(=O)(=O)c2ccc(Cl)cc2)CC1. The highest BCUT2D eigenvalue weighted by Gasteiger charge is 2.61. The molecule has 4 rings (SSSR count). The summed E-state index contributed by atoms with van der Waals surface area (Å²) in [5.74, 6) is -0.0490. The third-order valence-corrected chi connectivity index (χ3v) is 7.47. The van der Waals surface area contributed by atoms with Gasteiger partial charge in [-0.05, 0) is 37.1 Å². The third kappa shape index (κ3) is 3.27. The number of carbonyl (C=O) groups excluding carboxylic acids is 1. The second-order valence-electron chi connectivity index (χ2n) is 6.57. The molecule has 6 nitrogen and oxygen atoms in total. The van der Waals surface area contributed by atoms with Crippen molar-refractivity contribution in [1.29, 1.82) is 0 Å². The van der Waals surface area contributed by atoms with Gasteiger partial charge in [-0.15, -0.1) is 0 Å². The number of benzene rings is 2. The number of amides is 1. The summed E-state index contributed by atoms with van der Waals surface area (Å²) in [4.78, 5) is 21.3. The lowest BCUT2D eigenvalue weighted by Crippen LogP contribution is -2.37. The van der Waals surface area contributed by atoms with Crippen LogP contribution in [0.4, 0.5) is 5.69 Å². The zero-order chi connectivity index (χ0) is 19.8. The van der Waals surface area contributed by atoms with Gasteiger partial charge in [0.1, 0.15) is 0 Å². The van der Waals surface area contributed by atoms with Crippen LogP contribution in [0.15, 0.2) is 71.9 Å². The Hall–Kier alpha value is -2.77. The van der Waals surface area contributed by atoms with E-state index >= 15 is 0 Å². The second kappa shape index (κ2) is 7.00. The fourth-order valence-electron chi connectivity index (χ4n) is 2.94. The van der Waals surface area contributed by atoms with Crippen molar-refractivity contribution in [1.82, 2.24) is 9.97 Å². The first-order valence-electron chi connectivity index (χ1n) is 8.61. The molecule has 1 aromatic heterocycles. The molecule has 0 bridgehead atoms. The van der Waals surface area contributed by atoms with Gasteiger partial charge in [0.25, 0.3) is 0 Å². The summed E-state index contributed by atoms with van der Waals surface area (Å²) in [6, 6.07) is 15.3. The van der Waals surface area contributed by atoms with E-state index in [1.807, 2.05) is 30.3 Å². The monoisotopic (exact) mass is 413 g/mol. The molecule has 8 heteroatoms. The minimum atomic E-state index is -3.83. The van der Waals surface area contributed by atoms with Crippen LogP contribution in [0.1, 0.15) is 12.8 Å². The maximum atomic E-state index is 13.0. The number of anilines is 1. The highest BCUT2D eigenvalue weighted by atomic mass is 35.5. The summed E-state index contributed by atoms with van der Waals surface area (Å²) in [7, 11) is -3.83. The van der Waals surface area contributed by atoms with E-state index in [1.54, 1.807) is 0 Å². The predicted molar refractivity (Wildman–Crippen MR) is 107 cm³/mol. The summed E-state index contributed by atoms with van der Waals surface area (Å²) in [5.41, 5.74) is 1.20. The Morgan fingerprint density at radius 2 is 1.57 bits per heavy atom. The minimum Gasteiger partial charge on any atom is -0.322 e. The Labute approximate surface area is 167 Å².